The number of ether oxygens (including phenoxy) is 1. The number of carbonyl (C=O) groups is 1. The van der Waals surface area contributed by atoms with Crippen LogP contribution in [-0.4, -0.2) is 18.0 Å². The standard InChI is InChI=1S/C17H18N2O2/c1-21-13-15-6-4-5-14(11-15)12-19-17(20)9-8-16-7-2-3-10-18-16/h2-11H,12-13H2,1H3,(H,19,20)/b9-8+. The van der Waals surface area contributed by atoms with Gasteiger partial charge in [0.1, 0.15) is 0 Å². The van der Waals surface area contributed by atoms with E-state index in [1.807, 2.05) is 42.5 Å². The summed E-state index contributed by atoms with van der Waals surface area (Å²) in [5.41, 5.74) is 2.90. The summed E-state index contributed by atoms with van der Waals surface area (Å²) in [6.45, 7) is 1.06. The van der Waals surface area contributed by atoms with Gasteiger partial charge in [0, 0.05) is 25.9 Å². The van der Waals surface area contributed by atoms with Crippen molar-refractivity contribution >= 4 is 12.0 Å². The van der Waals surface area contributed by atoms with Crippen molar-refractivity contribution in [2.75, 3.05) is 7.11 Å². The first-order valence-corrected chi connectivity index (χ1v) is 6.71. The lowest BCUT2D eigenvalue weighted by Crippen LogP contribution is -2.20. The molecule has 1 aromatic carbocycles. The van der Waals surface area contributed by atoms with Crippen LogP contribution >= 0.6 is 0 Å². The van der Waals surface area contributed by atoms with Crippen LogP contribution in [0.25, 0.3) is 6.08 Å². The summed E-state index contributed by atoms with van der Waals surface area (Å²) in [6, 6.07) is 13.5. The Balaban J connectivity index is 1.86. The van der Waals surface area contributed by atoms with Gasteiger partial charge < -0.3 is 10.1 Å². The van der Waals surface area contributed by atoms with Crippen molar-refractivity contribution in [1.29, 1.82) is 0 Å². The van der Waals surface area contributed by atoms with E-state index in [0.29, 0.717) is 13.2 Å². The third kappa shape index (κ3) is 5.20. The summed E-state index contributed by atoms with van der Waals surface area (Å²) >= 11 is 0. The molecule has 0 radical (unpaired) electrons. The molecule has 4 heteroatoms. The van der Waals surface area contributed by atoms with E-state index in [-0.39, 0.29) is 5.91 Å². The molecule has 0 unspecified atom stereocenters. The SMILES string of the molecule is COCc1cccc(CNC(=O)/C=C/c2ccccn2)c1. The first-order chi connectivity index (χ1) is 10.3. The molecule has 0 aliphatic heterocycles. The Morgan fingerprint density at radius 1 is 1.24 bits per heavy atom. The predicted molar refractivity (Wildman–Crippen MR) is 82.3 cm³/mol. The molecule has 2 aromatic rings. The molecule has 4 nitrogen and oxygen atoms in total. The highest BCUT2D eigenvalue weighted by Crippen LogP contribution is 2.06. The lowest BCUT2D eigenvalue weighted by Gasteiger charge is -2.05. The lowest BCUT2D eigenvalue weighted by molar-refractivity contribution is -0.116. The Morgan fingerprint density at radius 3 is 2.86 bits per heavy atom. The van der Waals surface area contributed by atoms with Crippen molar-refractivity contribution in [3.8, 4) is 0 Å². The zero-order chi connectivity index (χ0) is 14.9. The number of methoxy groups -OCH3 is 1. The van der Waals surface area contributed by atoms with E-state index in [0.717, 1.165) is 16.8 Å². The van der Waals surface area contributed by atoms with Gasteiger partial charge in [0.25, 0.3) is 0 Å². The second-order valence-electron chi connectivity index (χ2n) is 4.56. The van der Waals surface area contributed by atoms with E-state index in [2.05, 4.69) is 10.3 Å². The topological polar surface area (TPSA) is 51.2 Å². The molecule has 21 heavy (non-hydrogen) atoms. The second-order valence-corrected chi connectivity index (χ2v) is 4.56. The Hall–Kier alpha value is -2.46. The molecule has 0 aliphatic carbocycles. The number of aromatic nitrogens is 1. The number of rotatable bonds is 6. The average molecular weight is 282 g/mol. The smallest absolute Gasteiger partial charge is 0.244 e. The van der Waals surface area contributed by atoms with Crippen molar-refractivity contribution in [2.45, 2.75) is 13.2 Å². The molecular weight excluding hydrogens is 264 g/mol. The van der Waals surface area contributed by atoms with Gasteiger partial charge in [0.15, 0.2) is 0 Å². The molecule has 0 spiro atoms. The molecule has 1 N–H and O–H groups in total. The van der Waals surface area contributed by atoms with Gasteiger partial charge in [-0.25, -0.2) is 0 Å². The molecule has 1 amide bonds. The van der Waals surface area contributed by atoms with Gasteiger partial charge in [-0.15, -0.1) is 0 Å². The van der Waals surface area contributed by atoms with Crippen LogP contribution in [0.2, 0.25) is 0 Å². The molecule has 0 saturated heterocycles. The van der Waals surface area contributed by atoms with Gasteiger partial charge in [-0.1, -0.05) is 30.3 Å². The van der Waals surface area contributed by atoms with E-state index in [9.17, 15) is 4.79 Å². The number of benzene rings is 1. The quantitative estimate of drug-likeness (QED) is 0.828. The molecule has 0 fully saturated rings. The molecule has 1 heterocycles. The van der Waals surface area contributed by atoms with Crippen LogP contribution in [0, 0.1) is 0 Å². The van der Waals surface area contributed by atoms with Crippen molar-refractivity contribution in [2.24, 2.45) is 0 Å². The molecule has 0 bridgehead atoms. The maximum absolute atomic E-state index is 11.7. The number of pyridine rings is 1. The number of nitrogens with zero attached hydrogens (tertiary/aromatic N) is 1. The first kappa shape index (κ1) is 14.9. The first-order valence-electron chi connectivity index (χ1n) is 6.71. The molecule has 0 aliphatic rings. The van der Waals surface area contributed by atoms with Crippen molar-refractivity contribution in [3.63, 3.8) is 0 Å². The van der Waals surface area contributed by atoms with Gasteiger partial charge in [-0.3, -0.25) is 9.78 Å². The molecule has 0 saturated carbocycles. The lowest BCUT2D eigenvalue weighted by atomic mass is 10.1. The van der Waals surface area contributed by atoms with Gasteiger partial charge >= 0.3 is 0 Å². The maximum atomic E-state index is 11.7. The second kappa shape index (κ2) is 7.97. The third-order valence-electron chi connectivity index (χ3n) is 2.86. The highest BCUT2D eigenvalue weighted by atomic mass is 16.5. The highest BCUT2D eigenvalue weighted by Gasteiger charge is 1.99. The van der Waals surface area contributed by atoms with Crippen molar-refractivity contribution in [1.82, 2.24) is 10.3 Å². The normalized spacial score (nSPS) is 10.7. The fourth-order valence-corrected chi connectivity index (χ4v) is 1.88. The zero-order valence-corrected chi connectivity index (χ0v) is 12.0. The maximum Gasteiger partial charge on any atom is 0.244 e. The number of carbonyl (C=O) groups excluding carboxylic acids is 1. The Kier molecular flexibility index (Phi) is 5.67. The van der Waals surface area contributed by atoms with Crippen molar-refractivity contribution < 1.29 is 9.53 Å². The Morgan fingerprint density at radius 2 is 2.10 bits per heavy atom. The fourth-order valence-electron chi connectivity index (χ4n) is 1.88. The third-order valence-corrected chi connectivity index (χ3v) is 2.86. The van der Waals surface area contributed by atoms with Gasteiger partial charge in [0.2, 0.25) is 5.91 Å². The summed E-state index contributed by atoms with van der Waals surface area (Å²) < 4.78 is 5.09. The van der Waals surface area contributed by atoms with Gasteiger partial charge in [0.05, 0.1) is 12.3 Å². The van der Waals surface area contributed by atoms with Crippen LogP contribution in [0.3, 0.4) is 0 Å². The molecule has 2 rings (SSSR count). The van der Waals surface area contributed by atoms with E-state index < -0.39 is 0 Å². The number of amides is 1. The van der Waals surface area contributed by atoms with E-state index in [1.54, 1.807) is 19.4 Å². The van der Waals surface area contributed by atoms with Crippen LogP contribution < -0.4 is 5.32 Å². The summed E-state index contributed by atoms with van der Waals surface area (Å²) in [7, 11) is 1.66. The van der Waals surface area contributed by atoms with Crippen LogP contribution in [0.1, 0.15) is 16.8 Å². The molecular formula is C17H18N2O2. The summed E-state index contributed by atoms with van der Waals surface area (Å²) in [6.07, 6.45) is 4.87. The average Bonchev–Trinajstić information content (AvgIpc) is 2.53. The molecule has 1 aromatic heterocycles. The number of nitrogens with one attached hydrogen (secondary N) is 1. The minimum absolute atomic E-state index is 0.141. The largest absolute Gasteiger partial charge is 0.380 e. The van der Waals surface area contributed by atoms with Gasteiger partial charge in [-0.2, -0.15) is 0 Å². The zero-order valence-electron chi connectivity index (χ0n) is 12.0. The fraction of sp³-hybridized carbons (Fsp3) is 0.176. The minimum Gasteiger partial charge on any atom is -0.380 e. The number of hydrogen-bond acceptors (Lipinski definition) is 3. The van der Waals surface area contributed by atoms with E-state index in [1.165, 1.54) is 6.08 Å². The summed E-state index contributed by atoms with van der Waals surface area (Å²) in [5, 5.41) is 2.84. The van der Waals surface area contributed by atoms with Crippen molar-refractivity contribution in [3.05, 3.63) is 71.6 Å². The van der Waals surface area contributed by atoms with Crippen LogP contribution in [-0.2, 0) is 22.7 Å². The predicted octanol–water partition coefficient (Wildman–Crippen LogP) is 2.56. The minimum atomic E-state index is -0.141. The summed E-state index contributed by atoms with van der Waals surface area (Å²) in [5.74, 6) is -0.141. The van der Waals surface area contributed by atoms with Crippen LogP contribution in [0.15, 0.2) is 54.7 Å². The van der Waals surface area contributed by atoms with Crippen LogP contribution in [0.5, 0.6) is 0 Å². The van der Waals surface area contributed by atoms with E-state index in [4.69, 9.17) is 4.74 Å². The van der Waals surface area contributed by atoms with Crippen LogP contribution in [0.4, 0.5) is 0 Å². The number of hydrogen-bond donors (Lipinski definition) is 1. The van der Waals surface area contributed by atoms with Gasteiger partial charge in [-0.05, 0) is 29.3 Å². The molecule has 0 atom stereocenters. The monoisotopic (exact) mass is 282 g/mol. The van der Waals surface area contributed by atoms with E-state index >= 15 is 0 Å². The highest BCUT2D eigenvalue weighted by molar-refractivity contribution is 5.91. The summed E-state index contributed by atoms with van der Waals surface area (Å²) in [4.78, 5) is 15.9. The molecule has 108 valence electrons. The Bertz CT molecular complexity index is 609. The Labute approximate surface area is 124 Å².